The fraction of sp³-hybridized carbons (Fsp3) is 0.818. The Bertz CT molecular complexity index is 90.2. The summed E-state index contributed by atoms with van der Waals surface area (Å²) in [7, 11) is 0. The number of hydrogen-bond donors (Lipinski definition) is 0. The van der Waals surface area contributed by atoms with Crippen LogP contribution in [0.5, 0.6) is 0 Å². The Balaban J connectivity index is 0. The highest BCUT2D eigenvalue weighted by Gasteiger charge is 2.06. The first kappa shape index (κ1) is 13.3. The van der Waals surface area contributed by atoms with E-state index in [4.69, 9.17) is 0 Å². The molecule has 0 saturated carbocycles. The van der Waals surface area contributed by atoms with Crippen molar-refractivity contribution in [3.05, 3.63) is 12.2 Å². The predicted molar refractivity (Wildman–Crippen MR) is 54.8 cm³/mol. The summed E-state index contributed by atoms with van der Waals surface area (Å²) in [5, 5.41) is 0. The van der Waals surface area contributed by atoms with Crippen LogP contribution in [0.3, 0.4) is 0 Å². The molecule has 0 spiro atoms. The Hall–Kier alpha value is -0.260. The molecule has 0 N–H and O–H groups in total. The van der Waals surface area contributed by atoms with Crippen LogP contribution >= 0.6 is 0 Å². The van der Waals surface area contributed by atoms with Gasteiger partial charge in [0, 0.05) is 0 Å². The van der Waals surface area contributed by atoms with Crippen molar-refractivity contribution in [1.82, 2.24) is 0 Å². The Kier molecular flexibility index (Phi) is 9.51. The van der Waals surface area contributed by atoms with E-state index < -0.39 is 0 Å². The fourth-order valence-electron chi connectivity index (χ4n) is 1.23. The van der Waals surface area contributed by atoms with E-state index in [0.717, 1.165) is 11.8 Å². The van der Waals surface area contributed by atoms with Gasteiger partial charge in [0.15, 0.2) is 0 Å². The molecule has 0 bridgehead atoms. The van der Waals surface area contributed by atoms with Crippen molar-refractivity contribution in [3.63, 3.8) is 0 Å². The molecule has 0 amide bonds. The van der Waals surface area contributed by atoms with Crippen molar-refractivity contribution >= 4 is 0 Å². The molecule has 0 aliphatic carbocycles. The van der Waals surface area contributed by atoms with Gasteiger partial charge in [0.1, 0.15) is 0 Å². The Labute approximate surface area is 72.7 Å². The molecule has 68 valence electrons. The first-order chi connectivity index (χ1) is 4.72. The lowest BCUT2D eigenvalue weighted by Crippen LogP contribution is -2.04. The number of hydrogen-bond acceptors (Lipinski definition) is 0. The topological polar surface area (TPSA) is 0 Å². The average molecular weight is 156 g/mol. The predicted octanol–water partition coefficient (Wildman–Crippen LogP) is 4.27. The van der Waals surface area contributed by atoms with Gasteiger partial charge in [0.05, 0.1) is 0 Å². The van der Waals surface area contributed by atoms with Gasteiger partial charge in [-0.2, -0.15) is 0 Å². The van der Waals surface area contributed by atoms with Gasteiger partial charge in [0.2, 0.25) is 0 Å². The molecule has 1 atom stereocenters. The van der Waals surface area contributed by atoms with Crippen molar-refractivity contribution < 1.29 is 0 Å². The van der Waals surface area contributed by atoms with E-state index in [1.807, 2.05) is 0 Å². The van der Waals surface area contributed by atoms with Crippen molar-refractivity contribution in [2.24, 2.45) is 11.8 Å². The lowest BCUT2D eigenvalue weighted by atomic mass is 9.91. The third-order valence-corrected chi connectivity index (χ3v) is 1.92. The number of allylic oxidation sites excluding steroid dienone is 2. The van der Waals surface area contributed by atoms with Crippen LogP contribution in [0.25, 0.3) is 0 Å². The Morgan fingerprint density at radius 2 is 1.82 bits per heavy atom. The molecule has 11 heavy (non-hydrogen) atoms. The molecule has 0 aromatic rings. The summed E-state index contributed by atoms with van der Waals surface area (Å²) < 4.78 is 0. The molecular weight excluding hydrogens is 132 g/mol. The third kappa shape index (κ3) is 6.15. The zero-order valence-electron chi connectivity index (χ0n) is 7.72. The zero-order valence-corrected chi connectivity index (χ0v) is 7.72. The summed E-state index contributed by atoms with van der Waals surface area (Å²) in [6.07, 6.45) is 7.13. The minimum absolute atomic E-state index is 0. The second-order valence-electron chi connectivity index (χ2n) is 3.22. The molecule has 0 radical (unpaired) electrons. The largest absolute Gasteiger partial charge is 0.0914 e. The molecule has 0 aliphatic rings. The Morgan fingerprint density at radius 1 is 1.27 bits per heavy atom. The molecule has 0 aliphatic heterocycles. The molecule has 0 unspecified atom stereocenters. The van der Waals surface area contributed by atoms with Gasteiger partial charge in [-0.25, -0.2) is 0 Å². The van der Waals surface area contributed by atoms with Crippen molar-refractivity contribution in [2.75, 3.05) is 0 Å². The minimum atomic E-state index is 0. The molecule has 0 heterocycles. The van der Waals surface area contributed by atoms with Crippen LogP contribution in [-0.4, -0.2) is 0 Å². The zero-order chi connectivity index (χ0) is 7.98. The molecule has 0 aromatic heterocycles. The summed E-state index contributed by atoms with van der Waals surface area (Å²) in [5.41, 5.74) is 0. The van der Waals surface area contributed by atoms with Gasteiger partial charge in [-0.05, 0) is 25.2 Å². The monoisotopic (exact) mass is 156 g/mol. The second-order valence-corrected chi connectivity index (χ2v) is 3.22. The minimum Gasteiger partial charge on any atom is -0.0914 e. The summed E-state index contributed by atoms with van der Waals surface area (Å²) in [6, 6.07) is 0. The third-order valence-electron chi connectivity index (χ3n) is 1.92. The molecule has 0 rings (SSSR count). The van der Waals surface area contributed by atoms with Crippen molar-refractivity contribution in [1.29, 1.82) is 0 Å². The van der Waals surface area contributed by atoms with Crippen LogP contribution in [-0.2, 0) is 0 Å². The molecule has 0 heteroatoms. The van der Waals surface area contributed by atoms with E-state index in [0.29, 0.717) is 0 Å². The van der Waals surface area contributed by atoms with Crippen LogP contribution in [0.15, 0.2) is 12.2 Å². The van der Waals surface area contributed by atoms with Crippen LogP contribution in [0.1, 0.15) is 48.0 Å². The standard InChI is InChI=1S/C10H20.CH4/c1-5-7-10(8-6-2)9(3)4;/h5,7,9-10H,6,8H2,1-4H3;1H4/b7-5+;/t10-;/m1./s1. The highest BCUT2D eigenvalue weighted by molar-refractivity contribution is 4.86. The van der Waals surface area contributed by atoms with Gasteiger partial charge >= 0.3 is 0 Å². The van der Waals surface area contributed by atoms with E-state index in [9.17, 15) is 0 Å². The first-order valence-electron chi connectivity index (χ1n) is 4.35. The quantitative estimate of drug-likeness (QED) is 0.533. The lowest BCUT2D eigenvalue weighted by molar-refractivity contribution is 0.432. The van der Waals surface area contributed by atoms with Crippen LogP contribution < -0.4 is 0 Å². The molecule has 0 fully saturated rings. The Morgan fingerprint density at radius 3 is 2.09 bits per heavy atom. The smallest absolute Gasteiger partial charge is 0.0211 e. The van der Waals surface area contributed by atoms with Gasteiger partial charge in [0.25, 0.3) is 0 Å². The second kappa shape index (κ2) is 7.84. The summed E-state index contributed by atoms with van der Waals surface area (Å²) >= 11 is 0. The van der Waals surface area contributed by atoms with Gasteiger partial charge < -0.3 is 0 Å². The first-order valence-corrected chi connectivity index (χ1v) is 4.35. The summed E-state index contributed by atoms with van der Waals surface area (Å²) in [6.45, 7) is 8.94. The van der Waals surface area contributed by atoms with Gasteiger partial charge in [-0.3, -0.25) is 0 Å². The maximum atomic E-state index is 2.33. The van der Waals surface area contributed by atoms with Crippen LogP contribution in [0.4, 0.5) is 0 Å². The SMILES string of the molecule is C.C/C=C/[C@H](CCC)C(C)C. The number of rotatable bonds is 4. The van der Waals surface area contributed by atoms with E-state index in [1.165, 1.54) is 12.8 Å². The van der Waals surface area contributed by atoms with Crippen molar-refractivity contribution in [3.8, 4) is 0 Å². The molecule has 0 aromatic carbocycles. The fourth-order valence-corrected chi connectivity index (χ4v) is 1.23. The highest BCUT2D eigenvalue weighted by atomic mass is 14.1. The average Bonchev–Trinajstić information content (AvgIpc) is 1.87. The van der Waals surface area contributed by atoms with Gasteiger partial charge in [-0.1, -0.05) is 46.8 Å². The molecule has 0 saturated heterocycles. The van der Waals surface area contributed by atoms with E-state index in [-0.39, 0.29) is 7.43 Å². The van der Waals surface area contributed by atoms with Gasteiger partial charge in [-0.15, -0.1) is 0 Å². The van der Waals surface area contributed by atoms with Crippen LogP contribution in [0.2, 0.25) is 0 Å². The van der Waals surface area contributed by atoms with Crippen LogP contribution in [0, 0.1) is 11.8 Å². The van der Waals surface area contributed by atoms with Crippen molar-refractivity contribution in [2.45, 2.75) is 48.0 Å². The maximum Gasteiger partial charge on any atom is -0.0211 e. The molecular formula is C11H24. The summed E-state index contributed by atoms with van der Waals surface area (Å²) in [4.78, 5) is 0. The van der Waals surface area contributed by atoms with E-state index in [2.05, 4.69) is 39.8 Å². The summed E-state index contributed by atoms with van der Waals surface area (Å²) in [5.74, 6) is 1.60. The maximum absolute atomic E-state index is 2.33. The van der Waals surface area contributed by atoms with E-state index >= 15 is 0 Å². The normalized spacial score (nSPS) is 13.5. The van der Waals surface area contributed by atoms with E-state index in [1.54, 1.807) is 0 Å². The highest BCUT2D eigenvalue weighted by Crippen LogP contribution is 2.17. The molecule has 0 nitrogen and oxygen atoms in total. The lowest BCUT2D eigenvalue weighted by Gasteiger charge is -2.14.